The van der Waals surface area contributed by atoms with Gasteiger partial charge >= 0.3 is 0 Å². The second kappa shape index (κ2) is 5.64. The molecule has 2 N–H and O–H groups in total. The topological polar surface area (TPSA) is 53.8 Å². The number of benzene rings is 1. The van der Waals surface area contributed by atoms with E-state index in [0.29, 0.717) is 0 Å². The lowest BCUT2D eigenvalue weighted by Crippen LogP contribution is -1.94. The quantitative estimate of drug-likeness (QED) is 0.436. The minimum Gasteiger partial charge on any atom is -0.514 e. The molecule has 0 aromatic heterocycles. The van der Waals surface area contributed by atoms with Gasteiger partial charge in [0.2, 0.25) is 0 Å². The van der Waals surface area contributed by atoms with Crippen LogP contribution in [0.15, 0.2) is 41.7 Å². The third-order valence-electron chi connectivity index (χ3n) is 1.53. The number of aliphatic hydroxyl groups is 1. The van der Waals surface area contributed by atoms with Crippen LogP contribution in [-0.2, 0) is 0 Å². The molecule has 0 amide bonds. The summed E-state index contributed by atoms with van der Waals surface area (Å²) in [6.45, 7) is 0. The molecule has 0 aliphatic rings. The van der Waals surface area contributed by atoms with Gasteiger partial charge in [0.05, 0.1) is 25.9 Å². The van der Waals surface area contributed by atoms with E-state index < -0.39 is 0 Å². The van der Waals surface area contributed by atoms with E-state index >= 15 is 0 Å². The summed E-state index contributed by atoms with van der Waals surface area (Å²) < 4.78 is 5.04. The Balaban J connectivity index is 2.58. The Bertz CT molecular complexity index is 335. The van der Waals surface area contributed by atoms with E-state index in [-0.39, 0.29) is 0 Å². The first-order valence-corrected chi connectivity index (χ1v) is 4.08. The number of anilines is 1. The molecule has 0 aliphatic carbocycles. The largest absolute Gasteiger partial charge is 0.514 e. The second-order valence-electron chi connectivity index (χ2n) is 2.45. The van der Waals surface area contributed by atoms with Gasteiger partial charge in [0, 0.05) is 11.8 Å². The van der Waals surface area contributed by atoms with Crippen LogP contribution in [0.3, 0.4) is 0 Å². The van der Waals surface area contributed by atoms with Crippen molar-refractivity contribution in [3.8, 4) is 5.75 Å². The normalized spacial score (nSPS) is 10.9. The molecule has 0 saturated carbocycles. The Hall–Kier alpha value is -1.97. The molecule has 0 radical (unpaired) electrons. The number of nitrogens with one attached hydrogen (secondary N) is 1. The third-order valence-corrected chi connectivity index (χ3v) is 1.53. The van der Waals surface area contributed by atoms with Gasteiger partial charge in [0.25, 0.3) is 0 Å². The zero-order valence-electron chi connectivity index (χ0n) is 7.84. The molecule has 74 valence electrons. The standard InChI is InChI=1S/C10H12N2O2/c1-14-10-4-2-3-9(7-10)12-8-11-5-6-13/h2-8,13H,1H3,(H,11,12)/b6-5-. The van der Waals surface area contributed by atoms with Crippen molar-refractivity contribution in [3.05, 3.63) is 36.7 Å². The number of methoxy groups -OCH3 is 1. The number of hydrogen-bond donors (Lipinski definition) is 2. The first-order chi connectivity index (χ1) is 6.86. The van der Waals surface area contributed by atoms with Crippen molar-refractivity contribution in [2.24, 2.45) is 4.99 Å². The van der Waals surface area contributed by atoms with Gasteiger partial charge in [0.1, 0.15) is 5.75 Å². The van der Waals surface area contributed by atoms with Crippen LogP contribution in [-0.4, -0.2) is 18.6 Å². The summed E-state index contributed by atoms with van der Waals surface area (Å²) in [5.74, 6) is 0.779. The molecule has 0 unspecified atom stereocenters. The van der Waals surface area contributed by atoms with Crippen molar-refractivity contribution in [2.45, 2.75) is 0 Å². The van der Waals surface area contributed by atoms with Gasteiger partial charge in [-0.15, -0.1) is 0 Å². The van der Waals surface area contributed by atoms with Crippen molar-refractivity contribution >= 4 is 12.0 Å². The Kier molecular flexibility index (Phi) is 4.07. The maximum absolute atomic E-state index is 8.30. The van der Waals surface area contributed by atoms with Crippen molar-refractivity contribution < 1.29 is 9.84 Å². The first-order valence-electron chi connectivity index (χ1n) is 4.08. The summed E-state index contributed by atoms with van der Waals surface area (Å²) in [5.41, 5.74) is 0.874. The first kappa shape index (κ1) is 10.1. The van der Waals surface area contributed by atoms with Crippen LogP contribution in [0.1, 0.15) is 0 Å². The smallest absolute Gasteiger partial charge is 0.120 e. The summed E-state index contributed by atoms with van der Waals surface area (Å²) in [6, 6.07) is 7.46. The molecular formula is C10H12N2O2. The van der Waals surface area contributed by atoms with E-state index in [9.17, 15) is 0 Å². The Morgan fingerprint density at radius 1 is 1.50 bits per heavy atom. The predicted molar refractivity (Wildman–Crippen MR) is 56.9 cm³/mol. The number of nitrogens with zero attached hydrogens (tertiary/aromatic N) is 1. The lowest BCUT2D eigenvalue weighted by Gasteiger charge is -2.02. The summed E-state index contributed by atoms with van der Waals surface area (Å²) >= 11 is 0. The van der Waals surface area contributed by atoms with Crippen LogP contribution in [0.4, 0.5) is 5.69 Å². The zero-order chi connectivity index (χ0) is 10.2. The van der Waals surface area contributed by atoms with Gasteiger partial charge < -0.3 is 15.2 Å². The molecular weight excluding hydrogens is 180 g/mol. The third kappa shape index (κ3) is 3.18. The fourth-order valence-electron chi connectivity index (χ4n) is 0.906. The predicted octanol–water partition coefficient (Wildman–Crippen LogP) is 2.16. The van der Waals surface area contributed by atoms with Gasteiger partial charge in [-0.3, -0.25) is 0 Å². The van der Waals surface area contributed by atoms with Gasteiger partial charge in [-0.25, -0.2) is 4.99 Å². The Morgan fingerprint density at radius 2 is 2.36 bits per heavy atom. The summed E-state index contributed by atoms with van der Waals surface area (Å²) in [6.07, 6.45) is 3.61. The molecule has 0 aliphatic heterocycles. The minimum atomic E-state index is 0.779. The van der Waals surface area contributed by atoms with E-state index in [4.69, 9.17) is 9.84 Å². The van der Waals surface area contributed by atoms with E-state index in [1.165, 1.54) is 12.5 Å². The molecule has 4 heteroatoms. The fourth-order valence-corrected chi connectivity index (χ4v) is 0.906. The molecule has 1 rings (SSSR count). The van der Waals surface area contributed by atoms with Crippen LogP contribution in [0, 0.1) is 0 Å². The molecule has 1 aromatic rings. The average Bonchev–Trinajstić information content (AvgIpc) is 2.25. The SMILES string of the molecule is COc1cccc(NC=N/C=C\O)c1. The number of aliphatic imine (C=N–C) groups is 1. The van der Waals surface area contributed by atoms with E-state index in [1.807, 2.05) is 24.3 Å². The van der Waals surface area contributed by atoms with Crippen LogP contribution in [0.5, 0.6) is 5.75 Å². The Morgan fingerprint density at radius 3 is 3.07 bits per heavy atom. The van der Waals surface area contributed by atoms with Crippen molar-refractivity contribution in [1.29, 1.82) is 0 Å². The lowest BCUT2D eigenvalue weighted by molar-refractivity contribution is 0.415. The molecule has 0 fully saturated rings. The van der Waals surface area contributed by atoms with Crippen molar-refractivity contribution in [3.63, 3.8) is 0 Å². The lowest BCUT2D eigenvalue weighted by atomic mass is 10.3. The van der Waals surface area contributed by atoms with E-state index in [1.54, 1.807) is 7.11 Å². The molecule has 0 saturated heterocycles. The summed E-state index contributed by atoms with van der Waals surface area (Å²) in [5, 5.41) is 11.2. The number of aliphatic hydroxyl groups excluding tert-OH is 1. The highest BCUT2D eigenvalue weighted by Crippen LogP contribution is 2.15. The maximum atomic E-state index is 8.30. The van der Waals surface area contributed by atoms with Crippen LogP contribution in [0.25, 0.3) is 0 Å². The number of hydrogen-bond acceptors (Lipinski definition) is 3. The summed E-state index contributed by atoms with van der Waals surface area (Å²) in [7, 11) is 1.61. The molecule has 14 heavy (non-hydrogen) atoms. The molecule has 4 nitrogen and oxygen atoms in total. The van der Waals surface area contributed by atoms with Gasteiger partial charge in [-0.05, 0) is 12.1 Å². The van der Waals surface area contributed by atoms with E-state index in [0.717, 1.165) is 17.7 Å². The molecule has 0 atom stereocenters. The number of rotatable bonds is 4. The zero-order valence-corrected chi connectivity index (χ0v) is 7.84. The van der Waals surface area contributed by atoms with Crippen molar-refractivity contribution in [2.75, 3.05) is 12.4 Å². The Labute approximate surface area is 82.6 Å². The van der Waals surface area contributed by atoms with Crippen LogP contribution >= 0.6 is 0 Å². The van der Waals surface area contributed by atoms with Crippen LogP contribution < -0.4 is 10.1 Å². The maximum Gasteiger partial charge on any atom is 0.120 e. The van der Waals surface area contributed by atoms with Gasteiger partial charge in [0.15, 0.2) is 0 Å². The highest BCUT2D eigenvalue weighted by atomic mass is 16.5. The second-order valence-corrected chi connectivity index (χ2v) is 2.45. The van der Waals surface area contributed by atoms with Crippen molar-refractivity contribution in [1.82, 2.24) is 0 Å². The van der Waals surface area contributed by atoms with Gasteiger partial charge in [-0.1, -0.05) is 6.07 Å². The number of ether oxygens (including phenoxy) is 1. The highest BCUT2D eigenvalue weighted by molar-refractivity contribution is 5.76. The fraction of sp³-hybridized carbons (Fsp3) is 0.100. The van der Waals surface area contributed by atoms with Gasteiger partial charge in [-0.2, -0.15) is 0 Å². The highest BCUT2D eigenvalue weighted by Gasteiger charge is 1.91. The molecule has 0 heterocycles. The average molecular weight is 192 g/mol. The molecule has 0 bridgehead atoms. The van der Waals surface area contributed by atoms with Crippen LogP contribution in [0.2, 0.25) is 0 Å². The van der Waals surface area contributed by atoms with E-state index in [2.05, 4.69) is 10.3 Å². The summed E-state index contributed by atoms with van der Waals surface area (Å²) in [4.78, 5) is 3.73. The molecule has 0 spiro atoms. The monoisotopic (exact) mass is 192 g/mol. The minimum absolute atomic E-state index is 0.779. The molecule has 1 aromatic carbocycles.